The second-order valence-electron chi connectivity index (χ2n) is 7.34. The van der Waals surface area contributed by atoms with Crippen molar-refractivity contribution in [3.63, 3.8) is 0 Å². The average Bonchev–Trinajstić information content (AvgIpc) is 2.79. The highest BCUT2D eigenvalue weighted by Crippen LogP contribution is 2.23. The molecule has 6 heteroatoms. The van der Waals surface area contributed by atoms with Crippen LogP contribution in [0.1, 0.15) is 21.5 Å². The standard InChI is InChI=1S/C24H24BrN3O2/c25-21-5-3-4-20(16-21)18-30-23-7-2-1-6-22(23)24(29)28-14-12-27(13-15-28)17-19-8-10-26-11-9-19/h1-11,16H,12-15,17-18H2. The topological polar surface area (TPSA) is 45.7 Å². The third-order valence-corrected chi connectivity index (χ3v) is 5.71. The molecule has 1 aliphatic rings. The monoisotopic (exact) mass is 465 g/mol. The summed E-state index contributed by atoms with van der Waals surface area (Å²) in [4.78, 5) is 21.5. The molecule has 0 aliphatic carbocycles. The van der Waals surface area contributed by atoms with Gasteiger partial charge in [-0.3, -0.25) is 14.7 Å². The van der Waals surface area contributed by atoms with Crippen LogP contribution in [0.3, 0.4) is 0 Å². The van der Waals surface area contributed by atoms with Gasteiger partial charge in [-0.2, -0.15) is 0 Å². The molecule has 4 rings (SSSR count). The van der Waals surface area contributed by atoms with Crippen LogP contribution >= 0.6 is 15.9 Å². The lowest BCUT2D eigenvalue weighted by atomic mass is 10.1. The molecular formula is C24H24BrN3O2. The average molecular weight is 466 g/mol. The molecule has 1 saturated heterocycles. The molecule has 2 heterocycles. The van der Waals surface area contributed by atoms with Crippen molar-refractivity contribution in [3.05, 3.63) is 94.2 Å². The van der Waals surface area contributed by atoms with E-state index in [1.807, 2.05) is 78.0 Å². The summed E-state index contributed by atoms with van der Waals surface area (Å²) in [6, 6.07) is 19.6. The van der Waals surface area contributed by atoms with Crippen LogP contribution in [-0.4, -0.2) is 46.9 Å². The number of aromatic nitrogens is 1. The van der Waals surface area contributed by atoms with E-state index in [1.54, 1.807) is 0 Å². The van der Waals surface area contributed by atoms with Crippen molar-refractivity contribution >= 4 is 21.8 Å². The summed E-state index contributed by atoms with van der Waals surface area (Å²) in [6.07, 6.45) is 3.64. The number of benzene rings is 2. The lowest BCUT2D eigenvalue weighted by molar-refractivity contribution is 0.0624. The van der Waals surface area contributed by atoms with Crippen molar-refractivity contribution in [2.75, 3.05) is 26.2 Å². The van der Waals surface area contributed by atoms with Crippen LogP contribution in [0.25, 0.3) is 0 Å². The van der Waals surface area contributed by atoms with Crippen molar-refractivity contribution in [2.45, 2.75) is 13.2 Å². The fourth-order valence-electron chi connectivity index (χ4n) is 3.58. The number of carbonyl (C=O) groups excluding carboxylic acids is 1. The van der Waals surface area contributed by atoms with Gasteiger partial charge in [0.15, 0.2) is 0 Å². The Morgan fingerprint density at radius 1 is 0.933 bits per heavy atom. The molecule has 0 saturated carbocycles. The van der Waals surface area contributed by atoms with Crippen LogP contribution < -0.4 is 4.74 Å². The molecule has 2 aromatic carbocycles. The largest absolute Gasteiger partial charge is 0.488 e. The van der Waals surface area contributed by atoms with E-state index in [9.17, 15) is 4.79 Å². The van der Waals surface area contributed by atoms with Gasteiger partial charge in [-0.25, -0.2) is 0 Å². The third kappa shape index (κ3) is 5.26. The van der Waals surface area contributed by atoms with Crippen LogP contribution in [0.15, 0.2) is 77.5 Å². The highest BCUT2D eigenvalue weighted by Gasteiger charge is 2.24. The Hall–Kier alpha value is -2.70. The quantitative estimate of drug-likeness (QED) is 0.541. The Labute approximate surface area is 185 Å². The van der Waals surface area contributed by atoms with Crippen molar-refractivity contribution in [1.29, 1.82) is 0 Å². The molecule has 0 atom stereocenters. The highest BCUT2D eigenvalue weighted by atomic mass is 79.9. The summed E-state index contributed by atoms with van der Waals surface area (Å²) in [6.45, 7) is 4.44. The number of para-hydroxylation sites is 1. The SMILES string of the molecule is O=C(c1ccccc1OCc1cccc(Br)c1)N1CCN(Cc2ccncc2)CC1. The Morgan fingerprint density at radius 2 is 1.70 bits per heavy atom. The first-order chi connectivity index (χ1) is 14.7. The molecule has 30 heavy (non-hydrogen) atoms. The first kappa shape index (κ1) is 20.6. The zero-order valence-corrected chi connectivity index (χ0v) is 18.3. The number of pyridine rings is 1. The normalized spacial score (nSPS) is 14.5. The molecule has 0 N–H and O–H groups in total. The Morgan fingerprint density at radius 3 is 2.47 bits per heavy atom. The van der Waals surface area contributed by atoms with Gasteiger partial charge in [0.2, 0.25) is 0 Å². The van der Waals surface area contributed by atoms with Gasteiger partial charge >= 0.3 is 0 Å². The van der Waals surface area contributed by atoms with Crippen LogP contribution in [0, 0.1) is 0 Å². The molecule has 0 unspecified atom stereocenters. The van der Waals surface area contributed by atoms with E-state index in [-0.39, 0.29) is 5.91 Å². The summed E-state index contributed by atoms with van der Waals surface area (Å²) in [5.41, 5.74) is 2.92. The number of amides is 1. The molecular weight excluding hydrogens is 442 g/mol. The van der Waals surface area contributed by atoms with Gasteiger partial charge in [0.1, 0.15) is 12.4 Å². The molecule has 0 spiro atoms. The van der Waals surface area contributed by atoms with Crippen molar-refractivity contribution < 1.29 is 9.53 Å². The van der Waals surface area contributed by atoms with Gasteiger partial charge in [0, 0.05) is 49.6 Å². The number of carbonyl (C=O) groups is 1. The highest BCUT2D eigenvalue weighted by molar-refractivity contribution is 9.10. The maximum absolute atomic E-state index is 13.2. The van der Waals surface area contributed by atoms with E-state index >= 15 is 0 Å². The number of halogens is 1. The van der Waals surface area contributed by atoms with Gasteiger partial charge in [-0.1, -0.05) is 40.2 Å². The zero-order valence-electron chi connectivity index (χ0n) is 16.7. The fraction of sp³-hybridized carbons (Fsp3) is 0.250. The smallest absolute Gasteiger partial charge is 0.257 e. The van der Waals surface area contributed by atoms with Crippen molar-refractivity contribution in [2.24, 2.45) is 0 Å². The minimum absolute atomic E-state index is 0.0309. The van der Waals surface area contributed by atoms with E-state index < -0.39 is 0 Å². The molecule has 0 bridgehead atoms. The Balaban J connectivity index is 1.37. The van der Waals surface area contributed by atoms with Gasteiger partial charge in [0.05, 0.1) is 5.56 Å². The summed E-state index contributed by atoms with van der Waals surface area (Å²) in [5, 5.41) is 0. The molecule has 0 radical (unpaired) electrons. The number of ether oxygens (including phenoxy) is 1. The van der Waals surface area contributed by atoms with Crippen LogP contribution in [0.4, 0.5) is 0 Å². The van der Waals surface area contributed by atoms with Crippen molar-refractivity contribution in [1.82, 2.24) is 14.8 Å². The van der Waals surface area contributed by atoms with Gasteiger partial charge < -0.3 is 9.64 Å². The van der Waals surface area contributed by atoms with Crippen molar-refractivity contribution in [3.8, 4) is 5.75 Å². The maximum atomic E-state index is 13.2. The third-order valence-electron chi connectivity index (χ3n) is 5.22. The van der Waals surface area contributed by atoms with Gasteiger partial charge in [-0.05, 0) is 47.5 Å². The number of piperazine rings is 1. The first-order valence-electron chi connectivity index (χ1n) is 10.1. The Bertz CT molecular complexity index is 989. The predicted octanol–water partition coefficient (Wildman–Crippen LogP) is 4.38. The first-order valence-corrected chi connectivity index (χ1v) is 10.8. The maximum Gasteiger partial charge on any atom is 0.257 e. The van der Waals surface area contributed by atoms with E-state index in [1.165, 1.54) is 5.56 Å². The summed E-state index contributed by atoms with van der Waals surface area (Å²) in [5.74, 6) is 0.657. The number of hydrogen-bond acceptors (Lipinski definition) is 4. The van der Waals surface area contributed by atoms with Gasteiger partial charge in [0.25, 0.3) is 5.91 Å². The molecule has 1 amide bonds. The number of nitrogens with zero attached hydrogens (tertiary/aromatic N) is 3. The second-order valence-corrected chi connectivity index (χ2v) is 8.25. The fourth-order valence-corrected chi connectivity index (χ4v) is 4.03. The van der Waals surface area contributed by atoms with Gasteiger partial charge in [-0.15, -0.1) is 0 Å². The minimum Gasteiger partial charge on any atom is -0.488 e. The molecule has 1 aliphatic heterocycles. The predicted molar refractivity (Wildman–Crippen MR) is 120 cm³/mol. The molecule has 5 nitrogen and oxygen atoms in total. The summed E-state index contributed by atoms with van der Waals surface area (Å²) in [7, 11) is 0. The van der Waals surface area contributed by atoms with E-state index in [0.29, 0.717) is 31.0 Å². The minimum atomic E-state index is 0.0309. The van der Waals surface area contributed by atoms with Crippen LogP contribution in [0.2, 0.25) is 0 Å². The molecule has 1 fully saturated rings. The summed E-state index contributed by atoms with van der Waals surface area (Å²) < 4.78 is 7.02. The second kappa shape index (κ2) is 9.87. The van der Waals surface area contributed by atoms with Crippen LogP contribution in [-0.2, 0) is 13.2 Å². The van der Waals surface area contributed by atoms with Crippen LogP contribution in [0.5, 0.6) is 5.75 Å². The zero-order chi connectivity index (χ0) is 20.8. The summed E-state index contributed by atoms with van der Waals surface area (Å²) >= 11 is 3.48. The van der Waals surface area contributed by atoms with E-state index in [0.717, 1.165) is 29.7 Å². The molecule has 154 valence electrons. The lowest BCUT2D eigenvalue weighted by Crippen LogP contribution is -2.48. The Kier molecular flexibility index (Phi) is 6.77. The van der Waals surface area contributed by atoms with E-state index in [2.05, 4.69) is 25.8 Å². The number of rotatable bonds is 6. The number of hydrogen-bond donors (Lipinski definition) is 0. The lowest BCUT2D eigenvalue weighted by Gasteiger charge is -2.35. The van der Waals surface area contributed by atoms with E-state index in [4.69, 9.17) is 4.74 Å². The molecule has 3 aromatic rings. The molecule has 1 aromatic heterocycles.